The first-order chi connectivity index (χ1) is 10.1. The molecule has 1 unspecified atom stereocenters. The number of aliphatic hydroxyl groups excluding tert-OH is 1. The number of nitrogens with two attached hydrogens (primary N) is 1. The number of hydrogen-bond donors (Lipinski definition) is 3. The van der Waals surface area contributed by atoms with Gasteiger partial charge in [0.1, 0.15) is 0 Å². The molecule has 1 aliphatic rings. The number of piperidine rings is 1. The number of nitrogens with zero attached hydrogens (tertiary/aromatic N) is 1. The number of nitrogen functional groups attached to an aromatic ring is 1. The van der Waals surface area contributed by atoms with E-state index in [1.165, 1.54) is 0 Å². The van der Waals surface area contributed by atoms with Gasteiger partial charge in [-0.2, -0.15) is 0 Å². The molecular weight excluding hydrogens is 290 g/mol. The minimum atomic E-state index is -0.103. The molecule has 0 bridgehead atoms. The second-order valence-corrected chi connectivity index (χ2v) is 5.85. The molecule has 1 amide bonds. The predicted molar refractivity (Wildman–Crippen MR) is 85.4 cm³/mol. The Labute approximate surface area is 130 Å². The molecule has 2 rings (SSSR count). The number of benzene rings is 1. The van der Waals surface area contributed by atoms with Crippen LogP contribution in [0.3, 0.4) is 0 Å². The van der Waals surface area contributed by atoms with Crippen LogP contribution >= 0.6 is 11.6 Å². The maximum atomic E-state index is 12.2. The van der Waals surface area contributed by atoms with Crippen LogP contribution in [0.2, 0.25) is 5.02 Å². The predicted octanol–water partition coefficient (Wildman–Crippen LogP) is 2.10. The van der Waals surface area contributed by atoms with E-state index < -0.39 is 0 Å². The topological polar surface area (TPSA) is 78.6 Å². The van der Waals surface area contributed by atoms with E-state index in [4.69, 9.17) is 22.4 Å². The van der Waals surface area contributed by atoms with Crippen molar-refractivity contribution in [2.24, 2.45) is 0 Å². The van der Waals surface area contributed by atoms with E-state index in [-0.39, 0.29) is 18.6 Å². The lowest BCUT2D eigenvalue weighted by atomic mass is 9.99. The van der Waals surface area contributed by atoms with Gasteiger partial charge in [0.2, 0.25) is 5.91 Å². The van der Waals surface area contributed by atoms with E-state index in [1.54, 1.807) is 18.2 Å². The summed E-state index contributed by atoms with van der Waals surface area (Å²) in [6.45, 7) is 1.36. The van der Waals surface area contributed by atoms with Gasteiger partial charge >= 0.3 is 0 Å². The lowest BCUT2D eigenvalue weighted by Crippen LogP contribution is -2.44. The third kappa shape index (κ3) is 4.59. The van der Waals surface area contributed by atoms with E-state index in [0.29, 0.717) is 29.4 Å². The van der Waals surface area contributed by atoms with Crippen molar-refractivity contribution in [3.8, 4) is 0 Å². The van der Waals surface area contributed by atoms with E-state index in [0.717, 1.165) is 25.8 Å². The van der Waals surface area contributed by atoms with Crippen molar-refractivity contribution in [2.75, 3.05) is 30.7 Å². The highest BCUT2D eigenvalue weighted by atomic mass is 35.5. The van der Waals surface area contributed by atoms with Crippen molar-refractivity contribution in [1.82, 2.24) is 4.90 Å². The zero-order valence-electron chi connectivity index (χ0n) is 12.0. The van der Waals surface area contributed by atoms with Crippen LogP contribution in [-0.4, -0.2) is 41.7 Å². The smallest absolute Gasteiger partial charge is 0.238 e. The van der Waals surface area contributed by atoms with Crippen LogP contribution in [0.25, 0.3) is 0 Å². The maximum Gasteiger partial charge on any atom is 0.238 e. The van der Waals surface area contributed by atoms with Gasteiger partial charge < -0.3 is 16.2 Å². The lowest BCUT2D eigenvalue weighted by molar-refractivity contribution is -0.118. The first kappa shape index (κ1) is 16.1. The first-order valence-corrected chi connectivity index (χ1v) is 7.67. The number of hydrogen-bond acceptors (Lipinski definition) is 4. The van der Waals surface area contributed by atoms with Gasteiger partial charge in [0, 0.05) is 17.7 Å². The summed E-state index contributed by atoms with van der Waals surface area (Å²) < 4.78 is 0. The number of carbonyl (C=O) groups is 1. The molecule has 1 aromatic rings. The van der Waals surface area contributed by atoms with Crippen molar-refractivity contribution >= 4 is 28.9 Å². The first-order valence-electron chi connectivity index (χ1n) is 7.30. The van der Waals surface area contributed by atoms with Crippen LogP contribution in [0.5, 0.6) is 0 Å². The monoisotopic (exact) mass is 311 g/mol. The van der Waals surface area contributed by atoms with Gasteiger partial charge in [0.15, 0.2) is 0 Å². The Balaban J connectivity index is 1.95. The molecule has 4 N–H and O–H groups in total. The zero-order valence-corrected chi connectivity index (χ0v) is 12.8. The average Bonchev–Trinajstić information content (AvgIpc) is 2.45. The van der Waals surface area contributed by atoms with E-state index in [9.17, 15) is 4.79 Å². The third-order valence-corrected chi connectivity index (χ3v) is 4.08. The normalized spacial score (nSPS) is 19.4. The molecule has 1 aromatic carbocycles. The Morgan fingerprint density at radius 1 is 1.48 bits per heavy atom. The van der Waals surface area contributed by atoms with Crippen LogP contribution in [0.1, 0.15) is 25.7 Å². The molecule has 1 aliphatic heterocycles. The molecule has 0 radical (unpaired) electrons. The second kappa shape index (κ2) is 7.64. The van der Waals surface area contributed by atoms with Crippen LogP contribution in [0.4, 0.5) is 11.4 Å². The number of carbonyl (C=O) groups excluding carboxylic acids is 1. The molecule has 1 fully saturated rings. The van der Waals surface area contributed by atoms with Gasteiger partial charge in [0.05, 0.1) is 17.9 Å². The lowest BCUT2D eigenvalue weighted by Gasteiger charge is -2.34. The Morgan fingerprint density at radius 2 is 2.29 bits per heavy atom. The van der Waals surface area contributed by atoms with Gasteiger partial charge in [-0.1, -0.05) is 18.0 Å². The highest BCUT2D eigenvalue weighted by Gasteiger charge is 2.23. The number of aliphatic hydroxyl groups is 1. The van der Waals surface area contributed by atoms with Crippen molar-refractivity contribution in [3.63, 3.8) is 0 Å². The molecule has 5 nitrogen and oxygen atoms in total. The summed E-state index contributed by atoms with van der Waals surface area (Å²) >= 11 is 5.91. The molecule has 1 heterocycles. The fourth-order valence-electron chi connectivity index (χ4n) is 2.76. The molecule has 0 saturated carbocycles. The molecule has 0 aromatic heterocycles. The van der Waals surface area contributed by atoms with Gasteiger partial charge in [-0.05, 0) is 44.0 Å². The number of nitrogens with one attached hydrogen (secondary N) is 1. The van der Waals surface area contributed by atoms with Crippen molar-refractivity contribution in [3.05, 3.63) is 23.2 Å². The number of halogens is 1. The molecule has 0 aliphatic carbocycles. The van der Waals surface area contributed by atoms with Crippen molar-refractivity contribution < 1.29 is 9.90 Å². The average molecular weight is 312 g/mol. The van der Waals surface area contributed by atoms with Crippen LogP contribution < -0.4 is 11.1 Å². The summed E-state index contributed by atoms with van der Waals surface area (Å²) in [5.74, 6) is -0.103. The number of rotatable bonds is 5. The van der Waals surface area contributed by atoms with Crippen molar-refractivity contribution in [1.29, 1.82) is 0 Å². The van der Waals surface area contributed by atoms with Gasteiger partial charge in [-0.3, -0.25) is 9.69 Å². The summed E-state index contributed by atoms with van der Waals surface area (Å²) in [5.41, 5.74) is 6.87. The Kier molecular flexibility index (Phi) is 5.85. The molecule has 0 spiro atoms. The van der Waals surface area contributed by atoms with Crippen molar-refractivity contribution in [2.45, 2.75) is 31.7 Å². The van der Waals surface area contributed by atoms with Crippen LogP contribution in [-0.2, 0) is 4.79 Å². The molecule has 1 saturated heterocycles. The van der Waals surface area contributed by atoms with E-state index in [2.05, 4.69) is 10.2 Å². The van der Waals surface area contributed by atoms with Crippen LogP contribution in [0.15, 0.2) is 18.2 Å². The third-order valence-electron chi connectivity index (χ3n) is 3.85. The number of amides is 1. The van der Waals surface area contributed by atoms with Gasteiger partial charge in [0.25, 0.3) is 0 Å². The summed E-state index contributed by atoms with van der Waals surface area (Å²) in [7, 11) is 0. The summed E-state index contributed by atoms with van der Waals surface area (Å²) in [5, 5.41) is 12.5. The Morgan fingerprint density at radius 3 is 3.05 bits per heavy atom. The zero-order chi connectivity index (χ0) is 15.2. The van der Waals surface area contributed by atoms with E-state index >= 15 is 0 Å². The van der Waals surface area contributed by atoms with Gasteiger partial charge in [-0.25, -0.2) is 0 Å². The summed E-state index contributed by atoms with van der Waals surface area (Å²) in [6.07, 6.45) is 4.00. The number of likely N-dealkylation sites (tertiary alicyclic amines) is 1. The van der Waals surface area contributed by atoms with Crippen LogP contribution in [0, 0.1) is 0 Å². The quantitative estimate of drug-likeness (QED) is 0.728. The SMILES string of the molecule is Nc1ccc(Cl)cc1NC(=O)CN1CCCCC1CCO. The van der Waals surface area contributed by atoms with Gasteiger partial charge in [-0.15, -0.1) is 0 Å². The minimum Gasteiger partial charge on any atom is -0.397 e. The fourth-order valence-corrected chi connectivity index (χ4v) is 2.93. The largest absolute Gasteiger partial charge is 0.397 e. The summed E-state index contributed by atoms with van der Waals surface area (Å²) in [6, 6.07) is 5.30. The highest BCUT2D eigenvalue weighted by molar-refractivity contribution is 6.31. The highest BCUT2D eigenvalue weighted by Crippen LogP contribution is 2.23. The maximum absolute atomic E-state index is 12.2. The van der Waals surface area contributed by atoms with E-state index in [1.807, 2.05) is 0 Å². The fraction of sp³-hybridized carbons (Fsp3) is 0.533. The summed E-state index contributed by atoms with van der Waals surface area (Å²) in [4.78, 5) is 14.3. The Hall–Kier alpha value is -1.30. The standard InChI is InChI=1S/C15H22ClN3O2/c16-11-4-5-13(17)14(9-11)18-15(21)10-19-7-2-1-3-12(19)6-8-20/h4-5,9,12,20H,1-3,6-8,10,17H2,(H,18,21). The minimum absolute atomic E-state index is 0.103. The number of anilines is 2. The molecular formula is C15H22ClN3O2. The molecule has 21 heavy (non-hydrogen) atoms. The molecule has 6 heteroatoms. The Bertz CT molecular complexity index is 494. The molecule has 1 atom stereocenters. The molecule has 116 valence electrons. The second-order valence-electron chi connectivity index (χ2n) is 5.41.